The van der Waals surface area contributed by atoms with Gasteiger partial charge in [0.1, 0.15) is 28.7 Å². The molecule has 3 aromatic heterocycles. The van der Waals surface area contributed by atoms with E-state index in [0.717, 1.165) is 59.4 Å². The normalized spacial score (nSPS) is 18.1. The lowest BCUT2D eigenvalue weighted by molar-refractivity contribution is -0.144. The molecule has 1 fully saturated rings. The number of nitrogens with zero attached hydrogens (tertiary/aromatic N) is 6. The molecule has 5 atom stereocenters. The van der Waals surface area contributed by atoms with E-state index in [9.17, 15) is 24.6 Å². The number of aliphatic imine (C=N–C) groups is 1. The van der Waals surface area contributed by atoms with E-state index in [0.29, 0.717) is 23.1 Å². The molecule has 4 N–H and O–H groups in total. The largest absolute Gasteiger partial charge is 0.484 e. The first-order valence-corrected chi connectivity index (χ1v) is 22.9. The van der Waals surface area contributed by atoms with Crippen LogP contribution >= 0.6 is 22.7 Å². The van der Waals surface area contributed by atoms with Crippen LogP contribution in [0.1, 0.15) is 90.9 Å². The van der Waals surface area contributed by atoms with Crippen molar-refractivity contribution in [1.82, 2.24) is 35.3 Å². The van der Waals surface area contributed by atoms with Crippen LogP contribution < -0.4 is 15.4 Å². The Labute approximate surface area is 380 Å². The molecule has 6 aromatic rings. The Kier molecular flexibility index (Phi) is 12.4. The van der Waals surface area contributed by atoms with E-state index in [2.05, 4.69) is 39.7 Å². The summed E-state index contributed by atoms with van der Waals surface area (Å²) in [4.78, 5) is 53.9. The highest BCUT2D eigenvalue weighted by molar-refractivity contribution is 7.15. The van der Waals surface area contributed by atoms with Gasteiger partial charge in [-0.2, -0.15) is 0 Å². The predicted octanol–water partition coefficient (Wildman–Crippen LogP) is 6.94. The number of fused-ring (bicyclic) bond motifs is 3. The molecule has 0 saturated carbocycles. The Morgan fingerprint density at radius 3 is 2.16 bits per heavy atom. The number of aryl methyl sites for hydroxylation is 3. The highest BCUT2D eigenvalue weighted by Crippen LogP contribution is 2.39. The quantitative estimate of drug-likeness (QED) is 0.107. The highest BCUT2D eigenvalue weighted by atomic mass is 32.1. The minimum atomic E-state index is -1.17. The molecule has 0 bridgehead atoms. The summed E-state index contributed by atoms with van der Waals surface area (Å²) >= 11 is 3.20. The number of carbonyl (C=O) groups is 3. The van der Waals surface area contributed by atoms with E-state index in [1.54, 1.807) is 34.8 Å². The van der Waals surface area contributed by atoms with Crippen molar-refractivity contribution in [3.63, 3.8) is 0 Å². The molecule has 5 heterocycles. The molecule has 3 amide bonds. The van der Waals surface area contributed by atoms with Crippen molar-refractivity contribution in [2.75, 3.05) is 13.2 Å². The number of benzene rings is 3. The SMILES string of the molecule is Cc1ncsc1-c1ccc([C@H](C)NC(=O)[C@@H]2C[C@@H](O)CN2C(=O)[C@@H](NC(=O)COc2ccc(-c3ccc(C4=NC(O)c5nnc(C)n5-c5sc(C)c(C)c54)cc3)cc2)C(C)(C)C)cc1. The maximum absolute atomic E-state index is 14.2. The average Bonchev–Trinajstić information content (AvgIpc) is 4.04. The van der Waals surface area contributed by atoms with Gasteiger partial charge in [-0.1, -0.05) is 81.4 Å². The molecule has 1 saturated heterocycles. The van der Waals surface area contributed by atoms with Gasteiger partial charge in [0.15, 0.2) is 12.4 Å². The van der Waals surface area contributed by atoms with E-state index in [1.807, 2.05) is 112 Å². The Balaban J connectivity index is 0.887. The number of amides is 3. The summed E-state index contributed by atoms with van der Waals surface area (Å²) in [6, 6.07) is 21.0. The second-order valence-corrected chi connectivity index (χ2v) is 19.6. The fourth-order valence-electron chi connectivity index (χ4n) is 8.24. The van der Waals surface area contributed by atoms with E-state index in [4.69, 9.17) is 9.73 Å². The third-order valence-corrected chi connectivity index (χ3v) is 14.1. The zero-order valence-electron chi connectivity index (χ0n) is 37.0. The van der Waals surface area contributed by atoms with Crippen LogP contribution in [0.5, 0.6) is 5.75 Å². The number of ether oxygens (including phenoxy) is 1. The van der Waals surface area contributed by atoms with Gasteiger partial charge in [0.25, 0.3) is 5.91 Å². The Morgan fingerprint density at radius 2 is 1.52 bits per heavy atom. The molecule has 2 aliphatic heterocycles. The molecule has 0 spiro atoms. The van der Waals surface area contributed by atoms with Crippen LogP contribution in [0.4, 0.5) is 0 Å². The van der Waals surface area contributed by atoms with E-state index >= 15 is 0 Å². The fraction of sp³-hybridized carbons (Fsp3) is 0.354. The summed E-state index contributed by atoms with van der Waals surface area (Å²) in [6.07, 6.45) is -1.97. The van der Waals surface area contributed by atoms with Crippen LogP contribution in [-0.2, 0) is 14.4 Å². The zero-order chi connectivity index (χ0) is 45.6. The topological polar surface area (TPSA) is 184 Å². The summed E-state index contributed by atoms with van der Waals surface area (Å²) in [5.74, 6) is 0.212. The molecule has 8 rings (SSSR count). The van der Waals surface area contributed by atoms with Gasteiger partial charge < -0.3 is 30.5 Å². The zero-order valence-corrected chi connectivity index (χ0v) is 38.7. The lowest BCUT2D eigenvalue weighted by atomic mass is 9.85. The van der Waals surface area contributed by atoms with Gasteiger partial charge in [0, 0.05) is 29.0 Å². The van der Waals surface area contributed by atoms with Crippen molar-refractivity contribution < 1.29 is 29.3 Å². The lowest BCUT2D eigenvalue weighted by Gasteiger charge is -2.35. The van der Waals surface area contributed by atoms with Gasteiger partial charge in [-0.3, -0.25) is 19.0 Å². The molecule has 64 heavy (non-hydrogen) atoms. The minimum absolute atomic E-state index is 0.0284. The second-order valence-electron chi connectivity index (χ2n) is 17.5. The number of rotatable bonds is 11. The maximum Gasteiger partial charge on any atom is 0.258 e. The summed E-state index contributed by atoms with van der Waals surface area (Å²) in [6.45, 7) is 15.0. The molecule has 0 radical (unpaired) electrons. The van der Waals surface area contributed by atoms with Crippen LogP contribution in [0.25, 0.3) is 26.6 Å². The first kappa shape index (κ1) is 44.5. The van der Waals surface area contributed by atoms with Crippen molar-refractivity contribution in [2.45, 2.75) is 92.3 Å². The Hall–Kier alpha value is -6.07. The number of aromatic nitrogens is 4. The van der Waals surface area contributed by atoms with Gasteiger partial charge in [-0.15, -0.1) is 32.9 Å². The standard InChI is InChI=1S/C48H52N8O6S2/c1-25-28(4)64-47-39(25)40(52-45(60)43-54-53-29(5)56(43)47)33-13-11-31(12-14-33)32-17-19-36(20-18-32)62-23-38(58)51-42(48(6,7)8)46(61)55-22-35(57)21-37(55)44(59)50-26(2)30-9-15-34(16-10-30)41-27(3)49-24-63-41/h9-20,24,26,35,37,42,45,57,60H,21-23H2,1-8H3,(H,50,59)(H,51,58)/t26-,35+,37-,42+,45?/m0/s1. The predicted molar refractivity (Wildman–Crippen MR) is 248 cm³/mol. The fourth-order valence-corrected chi connectivity index (χ4v) is 10.3. The molecule has 2 aliphatic rings. The van der Waals surface area contributed by atoms with Crippen molar-refractivity contribution in [2.24, 2.45) is 10.4 Å². The molecule has 332 valence electrons. The van der Waals surface area contributed by atoms with Crippen LogP contribution in [0.2, 0.25) is 0 Å². The molecule has 0 aliphatic carbocycles. The highest BCUT2D eigenvalue weighted by Gasteiger charge is 2.45. The monoisotopic (exact) mass is 900 g/mol. The first-order valence-electron chi connectivity index (χ1n) is 21.2. The van der Waals surface area contributed by atoms with Crippen LogP contribution in [0.3, 0.4) is 0 Å². The van der Waals surface area contributed by atoms with Gasteiger partial charge in [-0.05, 0) is 80.0 Å². The number of β-amino-alcohol motifs (C(OH)–C–C–N with tert-alkyl or cyclic N) is 1. The minimum Gasteiger partial charge on any atom is -0.484 e. The smallest absolute Gasteiger partial charge is 0.258 e. The number of carbonyl (C=O) groups excluding carboxylic acids is 3. The first-order chi connectivity index (χ1) is 30.5. The number of hydrogen-bond acceptors (Lipinski definition) is 12. The molecule has 3 aromatic carbocycles. The maximum atomic E-state index is 14.2. The average molecular weight is 901 g/mol. The third kappa shape index (κ3) is 8.87. The summed E-state index contributed by atoms with van der Waals surface area (Å²) in [7, 11) is 0. The van der Waals surface area contributed by atoms with Crippen molar-refractivity contribution >= 4 is 46.1 Å². The van der Waals surface area contributed by atoms with Crippen molar-refractivity contribution in [1.29, 1.82) is 0 Å². The number of thiophene rings is 1. The van der Waals surface area contributed by atoms with Crippen LogP contribution in [0, 0.1) is 33.1 Å². The summed E-state index contributed by atoms with van der Waals surface area (Å²) in [5, 5.41) is 37.0. The number of nitrogens with one attached hydrogen (secondary N) is 2. The van der Waals surface area contributed by atoms with Gasteiger partial charge in [-0.25, -0.2) is 9.98 Å². The van der Waals surface area contributed by atoms with E-state index in [-0.39, 0.29) is 31.5 Å². The lowest BCUT2D eigenvalue weighted by Crippen LogP contribution is -2.58. The number of thiazole rings is 1. The van der Waals surface area contributed by atoms with E-state index < -0.39 is 41.6 Å². The summed E-state index contributed by atoms with van der Waals surface area (Å²) < 4.78 is 7.76. The van der Waals surface area contributed by atoms with Crippen molar-refractivity contribution in [3.05, 3.63) is 123 Å². The van der Waals surface area contributed by atoms with Crippen LogP contribution in [-0.4, -0.2) is 89.6 Å². The number of likely N-dealkylation sites (tertiary alicyclic amines) is 1. The third-order valence-electron chi connectivity index (χ3n) is 11.9. The van der Waals surface area contributed by atoms with Crippen LogP contribution in [0.15, 0.2) is 83.3 Å². The molecule has 1 unspecified atom stereocenters. The number of aliphatic hydroxyl groups excluding tert-OH is 2. The second kappa shape index (κ2) is 17.8. The number of aliphatic hydroxyl groups is 2. The molecular formula is C48H52N8O6S2. The van der Waals surface area contributed by atoms with Gasteiger partial charge in [0.05, 0.1) is 33.9 Å². The molecular weight excluding hydrogens is 849 g/mol. The van der Waals surface area contributed by atoms with Gasteiger partial charge in [0.2, 0.25) is 18.0 Å². The summed E-state index contributed by atoms with van der Waals surface area (Å²) in [5.41, 5.74) is 9.46. The molecule has 14 nitrogen and oxygen atoms in total. The van der Waals surface area contributed by atoms with Crippen molar-refractivity contribution in [3.8, 4) is 32.3 Å². The Morgan fingerprint density at radius 1 is 0.875 bits per heavy atom. The Bertz CT molecular complexity index is 2730. The van der Waals surface area contributed by atoms with Gasteiger partial charge >= 0.3 is 0 Å². The molecule has 16 heteroatoms. The number of hydrogen-bond donors (Lipinski definition) is 4. The van der Waals surface area contributed by atoms with E-state index in [1.165, 1.54) is 4.90 Å².